The van der Waals surface area contributed by atoms with Crippen LogP contribution in [-0.2, 0) is 10.8 Å². The van der Waals surface area contributed by atoms with Crippen LogP contribution in [0.3, 0.4) is 0 Å². The maximum Gasteiger partial charge on any atom is 0.166 e. The summed E-state index contributed by atoms with van der Waals surface area (Å²) in [6.45, 7) is 17.8. The molecule has 0 spiro atoms. The monoisotopic (exact) mass is 376 g/mol. The van der Waals surface area contributed by atoms with Gasteiger partial charge in [0.25, 0.3) is 0 Å². The highest BCUT2D eigenvalue weighted by Gasteiger charge is 2.56. The molecule has 0 bridgehead atoms. The Morgan fingerprint density at radius 2 is 1.68 bits per heavy atom. The molecule has 0 N–H and O–H groups in total. The zero-order valence-electron chi connectivity index (χ0n) is 18.5. The molecule has 0 fully saturated rings. The van der Waals surface area contributed by atoms with Gasteiger partial charge in [0, 0.05) is 17.6 Å². The van der Waals surface area contributed by atoms with Gasteiger partial charge in [-0.15, -0.1) is 5.73 Å². The molecule has 4 rings (SSSR count). The Kier molecular flexibility index (Phi) is 3.88. The highest BCUT2D eigenvalue weighted by atomic mass is 16.6. The summed E-state index contributed by atoms with van der Waals surface area (Å²) in [4.78, 5) is 0. The minimum absolute atomic E-state index is 0.0383. The first-order chi connectivity index (χ1) is 12.8. The first kappa shape index (κ1) is 19.2. The minimum atomic E-state index is -0.510. The second kappa shape index (κ2) is 5.67. The Bertz CT molecular complexity index is 971. The average molecular weight is 377 g/mol. The Morgan fingerprint density at radius 1 is 0.964 bits per heavy atom. The van der Waals surface area contributed by atoms with Gasteiger partial charge in [0.05, 0.1) is 0 Å². The van der Waals surface area contributed by atoms with Crippen molar-refractivity contribution in [2.45, 2.75) is 83.8 Å². The highest BCUT2D eigenvalue weighted by Crippen LogP contribution is 2.55. The number of hydrogen-bond donors (Lipinski definition) is 0. The van der Waals surface area contributed by atoms with Crippen LogP contribution in [0.2, 0.25) is 0 Å². The zero-order valence-corrected chi connectivity index (χ0v) is 18.5. The molecule has 0 radical (unpaired) electrons. The van der Waals surface area contributed by atoms with Crippen molar-refractivity contribution in [2.75, 3.05) is 0 Å². The van der Waals surface area contributed by atoms with Gasteiger partial charge in [0.1, 0.15) is 0 Å². The fraction of sp³-hybridized carbons (Fsp3) is 0.500. The molecule has 0 saturated heterocycles. The van der Waals surface area contributed by atoms with Crippen LogP contribution >= 0.6 is 0 Å². The summed E-state index contributed by atoms with van der Waals surface area (Å²) in [5.74, 6) is 1.77. The number of hydrogen-bond acceptors (Lipinski definition) is 2. The molecule has 1 aliphatic heterocycles. The Hall–Kier alpha value is -2.18. The summed E-state index contributed by atoms with van der Waals surface area (Å²) in [5.41, 5.74) is 7.26. The van der Waals surface area contributed by atoms with E-state index in [0.29, 0.717) is 0 Å². The molecule has 1 aromatic rings. The van der Waals surface area contributed by atoms with Gasteiger partial charge in [-0.2, -0.15) is 0 Å². The fourth-order valence-corrected chi connectivity index (χ4v) is 4.28. The minimum Gasteiger partial charge on any atom is -0.479 e. The lowest BCUT2D eigenvalue weighted by Gasteiger charge is -2.47. The van der Waals surface area contributed by atoms with Crippen LogP contribution < -0.4 is 9.47 Å². The molecule has 2 atom stereocenters. The average Bonchev–Trinajstić information content (AvgIpc) is 3.14. The quantitative estimate of drug-likeness (QED) is 0.517. The summed E-state index contributed by atoms with van der Waals surface area (Å²) in [6, 6.07) is 4.49. The van der Waals surface area contributed by atoms with E-state index in [-0.39, 0.29) is 10.8 Å². The van der Waals surface area contributed by atoms with Gasteiger partial charge in [-0.1, -0.05) is 53.7 Å². The van der Waals surface area contributed by atoms with Crippen LogP contribution in [0, 0.1) is 0 Å². The summed E-state index contributed by atoms with van der Waals surface area (Å²) in [6.07, 6.45) is 9.17. The lowest BCUT2D eigenvalue weighted by atomic mass is 9.78. The molecule has 2 heteroatoms. The van der Waals surface area contributed by atoms with E-state index in [2.05, 4.69) is 85.4 Å². The van der Waals surface area contributed by atoms with Crippen molar-refractivity contribution in [3.05, 3.63) is 64.4 Å². The van der Waals surface area contributed by atoms with Crippen LogP contribution in [0.5, 0.6) is 11.5 Å². The zero-order chi connectivity index (χ0) is 20.5. The molecule has 2 aliphatic carbocycles. The van der Waals surface area contributed by atoms with E-state index in [1.165, 1.54) is 16.7 Å². The van der Waals surface area contributed by atoms with E-state index in [1.807, 2.05) is 12.2 Å². The number of ether oxygens (including phenoxy) is 2. The molecule has 148 valence electrons. The van der Waals surface area contributed by atoms with Crippen molar-refractivity contribution in [1.82, 2.24) is 0 Å². The summed E-state index contributed by atoms with van der Waals surface area (Å²) in [7, 11) is 0. The predicted molar refractivity (Wildman–Crippen MR) is 115 cm³/mol. The van der Waals surface area contributed by atoms with Crippen molar-refractivity contribution < 1.29 is 9.47 Å². The largest absolute Gasteiger partial charge is 0.479 e. The maximum absolute atomic E-state index is 6.78. The van der Waals surface area contributed by atoms with Crippen LogP contribution in [0.25, 0.3) is 0 Å². The summed E-state index contributed by atoms with van der Waals surface area (Å²) in [5, 5.41) is 0. The first-order valence-electron chi connectivity index (χ1n) is 10.2. The molecule has 2 unspecified atom stereocenters. The lowest BCUT2D eigenvalue weighted by molar-refractivity contribution is -0.0829. The van der Waals surface area contributed by atoms with Gasteiger partial charge < -0.3 is 9.47 Å². The number of allylic oxidation sites excluding steroid dienone is 3. The Labute approximate surface area is 169 Å². The van der Waals surface area contributed by atoms with Crippen molar-refractivity contribution in [3.8, 4) is 11.5 Å². The van der Waals surface area contributed by atoms with Crippen LogP contribution in [0.15, 0.2) is 53.3 Å². The molecule has 3 aliphatic rings. The molecule has 0 amide bonds. The van der Waals surface area contributed by atoms with Gasteiger partial charge in [-0.3, -0.25) is 0 Å². The number of benzene rings is 1. The first-order valence-corrected chi connectivity index (χ1v) is 10.2. The van der Waals surface area contributed by atoms with Gasteiger partial charge in [0.15, 0.2) is 22.7 Å². The Balaban J connectivity index is 1.86. The third-order valence-electron chi connectivity index (χ3n) is 6.35. The maximum atomic E-state index is 6.78. The van der Waals surface area contributed by atoms with Gasteiger partial charge in [-0.05, 0) is 60.1 Å². The van der Waals surface area contributed by atoms with Gasteiger partial charge in [-0.25, -0.2) is 0 Å². The normalized spacial score (nSPS) is 28.3. The molecule has 2 nitrogen and oxygen atoms in total. The van der Waals surface area contributed by atoms with Crippen LogP contribution in [-0.4, -0.2) is 11.2 Å². The molecular formula is C26H32O2. The molecule has 0 saturated carbocycles. The van der Waals surface area contributed by atoms with Crippen molar-refractivity contribution in [1.29, 1.82) is 0 Å². The molecular weight excluding hydrogens is 344 g/mol. The van der Waals surface area contributed by atoms with Crippen molar-refractivity contribution in [2.24, 2.45) is 0 Å². The second-order valence-electron chi connectivity index (χ2n) is 10.8. The van der Waals surface area contributed by atoms with E-state index >= 15 is 0 Å². The summed E-state index contributed by atoms with van der Waals surface area (Å²) < 4.78 is 13.5. The van der Waals surface area contributed by atoms with Crippen LogP contribution in [0.1, 0.15) is 72.9 Å². The van der Waals surface area contributed by atoms with Crippen LogP contribution in [0.4, 0.5) is 0 Å². The second-order valence-corrected chi connectivity index (χ2v) is 10.8. The lowest BCUT2D eigenvalue weighted by Crippen LogP contribution is -2.56. The molecule has 0 aromatic heterocycles. The van der Waals surface area contributed by atoms with Crippen molar-refractivity contribution >= 4 is 0 Å². The van der Waals surface area contributed by atoms with Gasteiger partial charge in [0.2, 0.25) is 0 Å². The fourth-order valence-electron chi connectivity index (χ4n) is 4.28. The standard InChI is InChI=1S/C26H32O2/c1-23(2,3)19-13-20(24(4,5)6)22-21(14-19)27-25(7)15-18(16-26(25,8)28-22)17-11-9-10-12-17/h9-11,13-14,16H,15H2,1-8H3. The predicted octanol–water partition coefficient (Wildman–Crippen LogP) is 6.55. The smallest absolute Gasteiger partial charge is 0.166 e. The highest BCUT2D eigenvalue weighted by molar-refractivity contribution is 5.58. The number of rotatable bonds is 1. The van der Waals surface area contributed by atoms with E-state index in [1.54, 1.807) is 0 Å². The van der Waals surface area contributed by atoms with E-state index in [4.69, 9.17) is 9.47 Å². The molecule has 28 heavy (non-hydrogen) atoms. The van der Waals surface area contributed by atoms with Crippen molar-refractivity contribution in [3.63, 3.8) is 0 Å². The SMILES string of the molecule is CC(C)(C)c1cc2c(c(C(C)(C)C)c1)OC1(C)C=C(C3=C=CC=C3)CC1(C)O2. The van der Waals surface area contributed by atoms with E-state index < -0.39 is 11.2 Å². The van der Waals surface area contributed by atoms with E-state index in [0.717, 1.165) is 23.5 Å². The summed E-state index contributed by atoms with van der Waals surface area (Å²) >= 11 is 0. The van der Waals surface area contributed by atoms with Gasteiger partial charge >= 0.3 is 0 Å². The Morgan fingerprint density at radius 3 is 2.25 bits per heavy atom. The molecule has 1 heterocycles. The topological polar surface area (TPSA) is 18.5 Å². The molecule has 1 aromatic carbocycles. The third-order valence-corrected chi connectivity index (χ3v) is 6.35. The van der Waals surface area contributed by atoms with E-state index in [9.17, 15) is 0 Å². The third kappa shape index (κ3) is 2.86. The number of fused-ring (bicyclic) bond motifs is 2.